The van der Waals surface area contributed by atoms with Crippen molar-refractivity contribution >= 4 is 11.8 Å². The summed E-state index contributed by atoms with van der Waals surface area (Å²) in [4.78, 5) is 37.4. The summed E-state index contributed by atoms with van der Waals surface area (Å²) in [6.07, 6.45) is 10.0. The van der Waals surface area contributed by atoms with Gasteiger partial charge >= 0.3 is 0 Å². The molecule has 2 amide bonds. The lowest BCUT2D eigenvalue weighted by Crippen LogP contribution is -2.52. The van der Waals surface area contributed by atoms with Gasteiger partial charge in [0.2, 0.25) is 5.91 Å². The van der Waals surface area contributed by atoms with Crippen molar-refractivity contribution in [2.75, 3.05) is 19.6 Å². The van der Waals surface area contributed by atoms with Crippen LogP contribution in [0, 0.1) is 5.41 Å². The van der Waals surface area contributed by atoms with E-state index in [1.807, 2.05) is 11.8 Å². The number of aromatic nitrogens is 2. The molecule has 0 atom stereocenters. The first-order valence-corrected chi connectivity index (χ1v) is 9.50. The molecule has 0 aromatic carbocycles. The first kappa shape index (κ1) is 16.5. The topological polar surface area (TPSA) is 66.4 Å². The molecule has 1 aromatic heterocycles. The van der Waals surface area contributed by atoms with Crippen LogP contribution in [0.2, 0.25) is 0 Å². The summed E-state index contributed by atoms with van der Waals surface area (Å²) in [5.41, 5.74) is 0.794. The molecule has 1 aliphatic carbocycles. The van der Waals surface area contributed by atoms with Crippen LogP contribution in [-0.2, 0) is 11.2 Å². The number of piperidine rings is 2. The molecule has 1 spiro atoms. The Bertz CT molecular complexity index is 661. The van der Waals surface area contributed by atoms with Gasteiger partial charge in [0, 0.05) is 50.9 Å². The highest BCUT2D eigenvalue weighted by Gasteiger charge is 2.45. The van der Waals surface area contributed by atoms with Crippen molar-refractivity contribution in [3.8, 4) is 0 Å². The van der Waals surface area contributed by atoms with Crippen molar-refractivity contribution in [1.82, 2.24) is 19.8 Å². The molecule has 0 unspecified atom stereocenters. The van der Waals surface area contributed by atoms with Crippen molar-refractivity contribution < 1.29 is 9.59 Å². The van der Waals surface area contributed by atoms with Gasteiger partial charge in [0.1, 0.15) is 5.82 Å². The molecule has 3 aliphatic rings. The van der Waals surface area contributed by atoms with E-state index in [1.54, 1.807) is 12.4 Å². The predicted octanol–water partition coefficient (Wildman–Crippen LogP) is 2.05. The maximum absolute atomic E-state index is 12.7. The van der Waals surface area contributed by atoms with E-state index in [4.69, 9.17) is 0 Å². The predicted molar refractivity (Wildman–Crippen MR) is 92.9 cm³/mol. The lowest BCUT2D eigenvalue weighted by atomic mass is 9.72. The highest BCUT2D eigenvalue weighted by molar-refractivity contribution is 5.93. The van der Waals surface area contributed by atoms with E-state index in [0.717, 1.165) is 51.1 Å². The summed E-state index contributed by atoms with van der Waals surface area (Å²) in [6, 6.07) is 0.499. The first-order chi connectivity index (χ1) is 12.1. The number of amides is 2. The second-order valence-electron chi connectivity index (χ2n) is 7.79. The zero-order chi connectivity index (χ0) is 17.4. The summed E-state index contributed by atoms with van der Waals surface area (Å²) < 4.78 is 0. The summed E-state index contributed by atoms with van der Waals surface area (Å²) in [5.74, 6) is 1.13. The Morgan fingerprint density at radius 3 is 2.48 bits per heavy atom. The van der Waals surface area contributed by atoms with E-state index in [-0.39, 0.29) is 11.3 Å². The van der Waals surface area contributed by atoms with E-state index >= 15 is 0 Å². The Labute approximate surface area is 148 Å². The van der Waals surface area contributed by atoms with Crippen LogP contribution in [0.5, 0.6) is 0 Å². The first-order valence-electron chi connectivity index (χ1n) is 9.50. The number of nitrogens with zero attached hydrogens (tertiary/aromatic N) is 4. The number of rotatable bonds is 3. The van der Waals surface area contributed by atoms with E-state index in [9.17, 15) is 9.59 Å². The van der Waals surface area contributed by atoms with Gasteiger partial charge in [0.05, 0.1) is 5.56 Å². The van der Waals surface area contributed by atoms with Crippen molar-refractivity contribution in [3.05, 3.63) is 23.8 Å². The molecule has 2 aliphatic heterocycles. The minimum absolute atomic E-state index is 0.0310. The lowest BCUT2D eigenvalue weighted by Gasteiger charge is -2.47. The molecule has 1 aromatic rings. The Hall–Kier alpha value is -1.98. The fourth-order valence-electron chi connectivity index (χ4n) is 4.19. The molecular formula is C19H26N4O2. The van der Waals surface area contributed by atoms with Gasteiger partial charge < -0.3 is 9.80 Å². The number of carbonyl (C=O) groups excluding carboxylic acids is 2. The van der Waals surface area contributed by atoms with Crippen LogP contribution in [0.3, 0.4) is 0 Å². The molecule has 0 radical (unpaired) electrons. The van der Waals surface area contributed by atoms with Crippen molar-refractivity contribution in [3.63, 3.8) is 0 Å². The minimum atomic E-state index is 0.0310. The normalized spacial score (nSPS) is 23.2. The third-order valence-corrected chi connectivity index (χ3v) is 6.06. The SMILES string of the molecule is CCc1ncc(C(=O)N2CCC3(CCC(=O)N(C4CC4)C3)CC2)cn1. The van der Waals surface area contributed by atoms with E-state index in [0.29, 0.717) is 23.9 Å². The molecule has 134 valence electrons. The number of carbonyl (C=O) groups is 2. The highest BCUT2D eigenvalue weighted by Crippen LogP contribution is 2.43. The average molecular weight is 342 g/mol. The second-order valence-corrected chi connectivity index (χ2v) is 7.79. The van der Waals surface area contributed by atoms with Crippen LogP contribution in [0.25, 0.3) is 0 Å². The van der Waals surface area contributed by atoms with Crippen LogP contribution >= 0.6 is 0 Å². The van der Waals surface area contributed by atoms with Gasteiger partial charge in [0.25, 0.3) is 5.91 Å². The molecule has 2 saturated heterocycles. The van der Waals surface area contributed by atoms with Gasteiger partial charge in [-0.15, -0.1) is 0 Å². The average Bonchev–Trinajstić information content (AvgIpc) is 3.49. The number of likely N-dealkylation sites (tertiary alicyclic amines) is 2. The number of aryl methyl sites for hydroxylation is 1. The number of hydrogen-bond donors (Lipinski definition) is 0. The molecular weight excluding hydrogens is 316 g/mol. The van der Waals surface area contributed by atoms with E-state index in [2.05, 4.69) is 14.9 Å². The summed E-state index contributed by atoms with van der Waals surface area (Å²) >= 11 is 0. The van der Waals surface area contributed by atoms with Gasteiger partial charge in [-0.1, -0.05) is 6.92 Å². The smallest absolute Gasteiger partial charge is 0.256 e. The largest absolute Gasteiger partial charge is 0.339 e. The standard InChI is InChI=1S/C19H26N4O2/c1-2-16-20-11-14(12-21-16)18(25)22-9-7-19(8-10-22)6-5-17(24)23(13-19)15-3-4-15/h11-12,15H,2-10,13H2,1H3. The molecule has 1 saturated carbocycles. The molecule has 25 heavy (non-hydrogen) atoms. The summed E-state index contributed by atoms with van der Waals surface area (Å²) in [7, 11) is 0. The van der Waals surface area contributed by atoms with Crippen LogP contribution in [0.15, 0.2) is 12.4 Å². The maximum atomic E-state index is 12.7. The summed E-state index contributed by atoms with van der Waals surface area (Å²) in [5, 5.41) is 0. The fraction of sp³-hybridized carbons (Fsp3) is 0.684. The van der Waals surface area contributed by atoms with Crippen molar-refractivity contribution in [2.45, 2.75) is 57.9 Å². The van der Waals surface area contributed by atoms with Crippen LogP contribution in [0.1, 0.15) is 61.6 Å². The zero-order valence-corrected chi connectivity index (χ0v) is 14.9. The van der Waals surface area contributed by atoms with Crippen LogP contribution in [-0.4, -0.2) is 57.3 Å². The Morgan fingerprint density at radius 2 is 1.88 bits per heavy atom. The minimum Gasteiger partial charge on any atom is -0.339 e. The summed E-state index contributed by atoms with van der Waals surface area (Å²) in [6.45, 7) is 4.43. The molecule has 6 heteroatoms. The Kier molecular flexibility index (Phi) is 4.21. The van der Waals surface area contributed by atoms with Crippen molar-refractivity contribution in [2.24, 2.45) is 5.41 Å². The van der Waals surface area contributed by atoms with Crippen LogP contribution < -0.4 is 0 Å². The maximum Gasteiger partial charge on any atom is 0.256 e. The van der Waals surface area contributed by atoms with E-state index in [1.165, 1.54) is 12.8 Å². The fourth-order valence-corrected chi connectivity index (χ4v) is 4.19. The molecule has 0 N–H and O–H groups in total. The molecule has 3 fully saturated rings. The van der Waals surface area contributed by atoms with Crippen LogP contribution in [0.4, 0.5) is 0 Å². The Morgan fingerprint density at radius 1 is 1.20 bits per heavy atom. The quantitative estimate of drug-likeness (QED) is 0.843. The van der Waals surface area contributed by atoms with Gasteiger partial charge in [-0.05, 0) is 37.5 Å². The zero-order valence-electron chi connectivity index (χ0n) is 14.9. The molecule has 0 bridgehead atoms. The third-order valence-electron chi connectivity index (χ3n) is 6.06. The van der Waals surface area contributed by atoms with E-state index < -0.39 is 0 Å². The van der Waals surface area contributed by atoms with Gasteiger partial charge in [0.15, 0.2) is 0 Å². The van der Waals surface area contributed by atoms with Crippen molar-refractivity contribution in [1.29, 1.82) is 0 Å². The second kappa shape index (κ2) is 6.39. The molecule has 3 heterocycles. The van der Waals surface area contributed by atoms with Gasteiger partial charge in [-0.3, -0.25) is 9.59 Å². The monoisotopic (exact) mass is 342 g/mol. The molecule has 6 nitrogen and oxygen atoms in total. The third kappa shape index (κ3) is 3.26. The lowest BCUT2D eigenvalue weighted by molar-refractivity contribution is -0.139. The Balaban J connectivity index is 1.38. The highest BCUT2D eigenvalue weighted by atomic mass is 16.2. The van der Waals surface area contributed by atoms with Gasteiger partial charge in [-0.2, -0.15) is 0 Å². The molecule has 4 rings (SSSR count). The number of hydrogen-bond acceptors (Lipinski definition) is 4. The van der Waals surface area contributed by atoms with Gasteiger partial charge in [-0.25, -0.2) is 9.97 Å².